The number of rotatable bonds is 6. The largest absolute Gasteiger partial charge is 0.389 e. The number of H-pyrrole nitrogens is 1. The van der Waals surface area contributed by atoms with Crippen molar-refractivity contribution < 1.29 is 19.4 Å². The zero-order valence-corrected chi connectivity index (χ0v) is 17.6. The van der Waals surface area contributed by atoms with Crippen molar-refractivity contribution in [1.29, 1.82) is 0 Å². The summed E-state index contributed by atoms with van der Waals surface area (Å²) in [6, 6.07) is 15.4. The summed E-state index contributed by atoms with van der Waals surface area (Å²) in [4.78, 5) is 28.0. The van der Waals surface area contributed by atoms with Gasteiger partial charge in [0.2, 0.25) is 11.8 Å². The smallest absolute Gasteiger partial charge is 0.245 e. The normalized spacial score (nSPS) is 20.4. The van der Waals surface area contributed by atoms with Crippen LogP contribution in [0.2, 0.25) is 0 Å². The number of fused-ring (bicyclic) bond motifs is 1. The first-order valence-corrected chi connectivity index (χ1v) is 10.8. The van der Waals surface area contributed by atoms with Crippen LogP contribution < -0.4 is 10.6 Å². The molecule has 32 heavy (non-hydrogen) atoms. The number of aliphatic hydroxyl groups excluding tert-OH is 1. The summed E-state index contributed by atoms with van der Waals surface area (Å²) in [5.41, 5.74) is 6.38. The van der Waals surface area contributed by atoms with Gasteiger partial charge in [0.25, 0.3) is 0 Å². The van der Waals surface area contributed by atoms with Crippen LogP contribution in [0.1, 0.15) is 17.5 Å². The quantitative estimate of drug-likeness (QED) is 0.480. The third-order valence-corrected chi connectivity index (χ3v) is 6.13. The van der Waals surface area contributed by atoms with Gasteiger partial charge in [0.05, 0.1) is 18.7 Å². The van der Waals surface area contributed by atoms with E-state index in [1.165, 1.54) is 0 Å². The van der Waals surface area contributed by atoms with Crippen LogP contribution in [-0.4, -0.2) is 53.8 Å². The fourth-order valence-electron chi connectivity index (χ4n) is 4.48. The van der Waals surface area contributed by atoms with Gasteiger partial charge in [-0.3, -0.25) is 9.59 Å². The van der Waals surface area contributed by atoms with Gasteiger partial charge in [0.15, 0.2) is 0 Å². The molecule has 0 radical (unpaired) electrons. The van der Waals surface area contributed by atoms with Gasteiger partial charge >= 0.3 is 0 Å². The van der Waals surface area contributed by atoms with E-state index in [1.54, 1.807) is 0 Å². The highest BCUT2D eigenvalue weighted by molar-refractivity contribution is 5.98. The fourth-order valence-corrected chi connectivity index (χ4v) is 4.48. The maximum Gasteiger partial charge on any atom is 0.245 e. The van der Waals surface area contributed by atoms with Crippen molar-refractivity contribution >= 4 is 28.3 Å². The SMILES string of the molecule is O=C(CCc1c(-c2ccccc2)[nH]c2c(C3=CCOC3)cccc12)N[C@@H]1C(=O)NC[C@H]1O. The van der Waals surface area contributed by atoms with E-state index in [1.807, 2.05) is 36.4 Å². The Morgan fingerprint density at radius 1 is 1.16 bits per heavy atom. The summed E-state index contributed by atoms with van der Waals surface area (Å²) >= 11 is 0. The van der Waals surface area contributed by atoms with E-state index in [2.05, 4.69) is 33.8 Å². The molecular weight excluding hydrogens is 406 g/mol. The Kier molecular flexibility index (Phi) is 5.51. The van der Waals surface area contributed by atoms with Crippen LogP contribution in [0.25, 0.3) is 27.7 Å². The number of aliphatic hydroxyl groups is 1. The molecule has 2 aliphatic heterocycles. The second-order valence-corrected chi connectivity index (χ2v) is 8.17. The number of aryl methyl sites for hydroxylation is 1. The molecule has 0 saturated carbocycles. The minimum absolute atomic E-state index is 0.159. The van der Waals surface area contributed by atoms with Gasteiger partial charge in [-0.15, -0.1) is 0 Å². The van der Waals surface area contributed by atoms with Crippen molar-refractivity contribution in [1.82, 2.24) is 15.6 Å². The molecule has 4 N–H and O–H groups in total. The van der Waals surface area contributed by atoms with E-state index in [0.717, 1.165) is 38.9 Å². The molecule has 7 heteroatoms. The van der Waals surface area contributed by atoms with Crippen LogP contribution >= 0.6 is 0 Å². The maximum atomic E-state index is 12.6. The highest BCUT2D eigenvalue weighted by Crippen LogP contribution is 2.35. The van der Waals surface area contributed by atoms with Gasteiger partial charge in [-0.2, -0.15) is 0 Å². The molecule has 2 aromatic carbocycles. The number of aromatic nitrogens is 1. The summed E-state index contributed by atoms with van der Waals surface area (Å²) in [5, 5.41) is 16.2. The molecule has 0 unspecified atom stereocenters. The van der Waals surface area contributed by atoms with Gasteiger partial charge in [-0.05, 0) is 23.1 Å². The van der Waals surface area contributed by atoms with Crippen molar-refractivity contribution in [2.24, 2.45) is 0 Å². The molecule has 7 nitrogen and oxygen atoms in total. The number of hydrogen-bond acceptors (Lipinski definition) is 4. The number of carbonyl (C=O) groups excluding carboxylic acids is 2. The number of amides is 2. The van der Waals surface area contributed by atoms with Crippen LogP contribution in [0.15, 0.2) is 54.6 Å². The lowest BCUT2D eigenvalue weighted by Gasteiger charge is -2.14. The van der Waals surface area contributed by atoms with E-state index in [-0.39, 0.29) is 24.8 Å². The molecule has 2 aliphatic rings. The lowest BCUT2D eigenvalue weighted by atomic mass is 9.98. The number of para-hydroxylation sites is 1. The molecule has 3 heterocycles. The van der Waals surface area contributed by atoms with Gasteiger partial charge in [-0.1, -0.05) is 54.6 Å². The number of nitrogens with one attached hydrogen (secondary N) is 3. The highest BCUT2D eigenvalue weighted by Gasteiger charge is 2.34. The average Bonchev–Trinajstić information content (AvgIpc) is 3.54. The third kappa shape index (κ3) is 3.81. The van der Waals surface area contributed by atoms with E-state index in [0.29, 0.717) is 19.6 Å². The lowest BCUT2D eigenvalue weighted by Crippen LogP contribution is -2.45. The maximum absolute atomic E-state index is 12.6. The molecule has 1 aromatic heterocycles. The van der Waals surface area contributed by atoms with E-state index >= 15 is 0 Å². The average molecular weight is 431 g/mol. The first-order valence-electron chi connectivity index (χ1n) is 10.8. The zero-order chi connectivity index (χ0) is 22.1. The zero-order valence-electron chi connectivity index (χ0n) is 17.6. The lowest BCUT2D eigenvalue weighted by molar-refractivity contribution is -0.128. The van der Waals surface area contributed by atoms with Crippen molar-refractivity contribution in [2.75, 3.05) is 19.8 Å². The van der Waals surface area contributed by atoms with Crippen molar-refractivity contribution in [2.45, 2.75) is 25.0 Å². The number of benzene rings is 2. The molecule has 0 bridgehead atoms. The van der Waals surface area contributed by atoms with Crippen LogP contribution in [0.4, 0.5) is 0 Å². The van der Waals surface area contributed by atoms with Crippen LogP contribution in [-0.2, 0) is 20.7 Å². The summed E-state index contributed by atoms with van der Waals surface area (Å²) in [6.07, 6.45) is 1.91. The Hall–Kier alpha value is -3.42. The molecule has 3 aromatic rings. The molecule has 0 spiro atoms. The Morgan fingerprint density at radius 3 is 2.72 bits per heavy atom. The first-order chi connectivity index (χ1) is 15.6. The van der Waals surface area contributed by atoms with Gasteiger partial charge < -0.3 is 25.5 Å². The number of aromatic amines is 1. The number of hydrogen-bond donors (Lipinski definition) is 4. The molecule has 164 valence electrons. The minimum atomic E-state index is -0.899. The molecule has 0 aliphatic carbocycles. The van der Waals surface area contributed by atoms with Crippen molar-refractivity contribution in [3.63, 3.8) is 0 Å². The monoisotopic (exact) mass is 431 g/mol. The van der Waals surface area contributed by atoms with E-state index in [4.69, 9.17) is 4.74 Å². The third-order valence-electron chi connectivity index (χ3n) is 6.13. The van der Waals surface area contributed by atoms with Crippen molar-refractivity contribution in [3.8, 4) is 11.3 Å². The van der Waals surface area contributed by atoms with E-state index in [9.17, 15) is 14.7 Å². The molecule has 2 amide bonds. The topological polar surface area (TPSA) is 103 Å². The van der Waals surface area contributed by atoms with Crippen LogP contribution in [0, 0.1) is 0 Å². The summed E-state index contributed by atoms with van der Waals surface area (Å²) in [5.74, 6) is -0.609. The molecule has 1 saturated heterocycles. The second-order valence-electron chi connectivity index (χ2n) is 8.17. The predicted molar refractivity (Wildman–Crippen MR) is 122 cm³/mol. The predicted octanol–water partition coefficient (Wildman–Crippen LogP) is 2.16. The summed E-state index contributed by atoms with van der Waals surface area (Å²) in [6.45, 7) is 1.36. The van der Waals surface area contributed by atoms with Gasteiger partial charge in [0.1, 0.15) is 12.1 Å². The summed E-state index contributed by atoms with van der Waals surface area (Å²) < 4.78 is 5.53. The summed E-state index contributed by atoms with van der Waals surface area (Å²) in [7, 11) is 0. The standard InChI is InChI=1S/C25H25N3O4/c29-20-13-26-25(31)24(20)27-21(30)10-9-19-18-8-4-7-17(16-11-12-32-14-16)23(18)28-22(19)15-5-2-1-3-6-15/h1-8,11,20,24,28-29H,9-10,12-14H2,(H,26,31)(H,27,30)/t20-,24+/m1/s1. The molecule has 2 atom stereocenters. The molecular formula is C25H25N3O4. The van der Waals surface area contributed by atoms with Crippen molar-refractivity contribution in [3.05, 3.63) is 65.7 Å². The number of carbonyl (C=O) groups is 2. The number of ether oxygens (including phenoxy) is 1. The van der Waals surface area contributed by atoms with Crippen LogP contribution in [0.5, 0.6) is 0 Å². The Morgan fingerprint density at radius 2 is 2.00 bits per heavy atom. The highest BCUT2D eigenvalue weighted by atomic mass is 16.5. The Balaban J connectivity index is 1.47. The molecule has 5 rings (SSSR count). The minimum Gasteiger partial charge on any atom is -0.389 e. The van der Waals surface area contributed by atoms with Crippen LogP contribution in [0.3, 0.4) is 0 Å². The fraction of sp³-hybridized carbons (Fsp3) is 0.280. The van der Waals surface area contributed by atoms with Gasteiger partial charge in [0, 0.05) is 29.6 Å². The van der Waals surface area contributed by atoms with E-state index < -0.39 is 12.1 Å². The Labute approximate surface area is 185 Å². The van der Waals surface area contributed by atoms with Gasteiger partial charge in [-0.25, -0.2) is 0 Å². The first kappa shape index (κ1) is 20.5. The number of β-amino-alcohol motifs (C(OH)–C–C–N with tert-alkyl or cyclic N) is 1. The molecule has 1 fully saturated rings. The Bertz CT molecular complexity index is 1200. The second kappa shape index (κ2) is 8.61.